The Morgan fingerprint density at radius 1 is 0.462 bits per heavy atom. The molecule has 0 unspecified atom stereocenters. The number of aromatic hydroxyl groups is 2. The second-order valence-electron chi connectivity index (χ2n) is 9.45. The summed E-state index contributed by atoms with van der Waals surface area (Å²) in [7, 11) is 0. The Morgan fingerprint density at radius 3 is 1.31 bits per heavy atom. The minimum atomic E-state index is 0.313. The number of benzene rings is 6. The van der Waals surface area contributed by atoms with E-state index in [2.05, 4.69) is 10.6 Å². The normalized spacial score (nSPS) is 11.0. The minimum Gasteiger partial charge on any atom is -0.507 e. The molecule has 0 atom stereocenters. The third-order valence-corrected chi connectivity index (χ3v) is 6.88. The van der Waals surface area contributed by atoms with Crippen molar-refractivity contribution in [1.82, 2.24) is 0 Å². The van der Waals surface area contributed by atoms with Gasteiger partial charge < -0.3 is 25.6 Å². The van der Waals surface area contributed by atoms with Crippen LogP contribution in [0.25, 0.3) is 21.5 Å². The first-order valence-corrected chi connectivity index (χ1v) is 12.9. The fourth-order valence-electron chi connectivity index (χ4n) is 4.70. The maximum Gasteiger partial charge on any atom is 0.128 e. The minimum absolute atomic E-state index is 0.313. The molecule has 5 heteroatoms. The quantitative estimate of drug-likeness (QED) is 0.165. The van der Waals surface area contributed by atoms with Crippen molar-refractivity contribution in [1.29, 1.82) is 0 Å². The van der Waals surface area contributed by atoms with Crippen LogP contribution in [0.5, 0.6) is 23.0 Å². The fourth-order valence-corrected chi connectivity index (χ4v) is 4.70. The van der Waals surface area contributed by atoms with E-state index < -0.39 is 0 Å². The molecule has 0 spiro atoms. The molecule has 5 nitrogen and oxygen atoms in total. The predicted octanol–water partition coefficient (Wildman–Crippen LogP) is 8.42. The van der Waals surface area contributed by atoms with Gasteiger partial charge in [-0.3, -0.25) is 0 Å². The first-order valence-electron chi connectivity index (χ1n) is 12.9. The van der Waals surface area contributed by atoms with Gasteiger partial charge in [-0.2, -0.15) is 0 Å². The zero-order valence-corrected chi connectivity index (χ0v) is 21.3. The summed E-state index contributed by atoms with van der Waals surface area (Å²) in [5.74, 6) is 2.09. The van der Waals surface area contributed by atoms with E-state index >= 15 is 0 Å². The molecule has 0 aliphatic heterocycles. The van der Waals surface area contributed by atoms with Gasteiger partial charge >= 0.3 is 0 Å². The third-order valence-electron chi connectivity index (χ3n) is 6.88. The summed E-state index contributed by atoms with van der Waals surface area (Å²) in [6.45, 7) is 1.03. The molecule has 0 aliphatic rings. The largest absolute Gasteiger partial charge is 0.507 e. The molecule has 6 aromatic carbocycles. The second kappa shape index (κ2) is 10.7. The third kappa shape index (κ3) is 5.29. The van der Waals surface area contributed by atoms with Gasteiger partial charge in [0.25, 0.3) is 0 Å². The highest BCUT2D eigenvalue weighted by atomic mass is 16.5. The Hall–Kier alpha value is -5.16. The van der Waals surface area contributed by atoms with Crippen LogP contribution in [0.3, 0.4) is 0 Å². The van der Waals surface area contributed by atoms with E-state index in [0.717, 1.165) is 55.5 Å². The molecule has 6 rings (SSSR count). The van der Waals surface area contributed by atoms with Gasteiger partial charge in [0.2, 0.25) is 0 Å². The average Bonchev–Trinajstić information content (AvgIpc) is 2.98. The summed E-state index contributed by atoms with van der Waals surface area (Å²) in [5.41, 5.74) is 3.56. The highest BCUT2D eigenvalue weighted by Gasteiger charge is 2.08. The lowest BCUT2D eigenvalue weighted by molar-refractivity contribution is 0.475. The van der Waals surface area contributed by atoms with Crippen LogP contribution < -0.4 is 15.4 Å². The van der Waals surface area contributed by atoms with Crippen LogP contribution in [-0.4, -0.2) is 10.2 Å². The van der Waals surface area contributed by atoms with Gasteiger partial charge in [-0.15, -0.1) is 0 Å². The van der Waals surface area contributed by atoms with Crippen LogP contribution in [-0.2, 0) is 13.1 Å². The molecule has 39 heavy (non-hydrogen) atoms. The molecule has 0 fully saturated rings. The SMILES string of the molecule is Oc1c(CNc2ccc(Oc3ccc(NCc4ccc5ccccc5c4O)cc3)cc2)ccc2ccccc12. The van der Waals surface area contributed by atoms with Crippen molar-refractivity contribution in [2.45, 2.75) is 13.1 Å². The van der Waals surface area contributed by atoms with Crippen LogP contribution in [0.1, 0.15) is 11.1 Å². The number of rotatable bonds is 8. The Morgan fingerprint density at radius 2 is 0.872 bits per heavy atom. The number of fused-ring (bicyclic) bond motifs is 2. The standard InChI is InChI=1S/C34H28N2O3/c37-33-25(11-9-23-5-1-3-7-31(23)33)21-35-27-13-17-29(18-14-27)39-30-19-15-28(16-20-30)36-22-26-12-10-24-6-2-4-8-32(24)34(26)38/h1-20,35-38H,21-22H2. The first-order chi connectivity index (χ1) is 19.1. The second-order valence-corrected chi connectivity index (χ2v) is 9.45. The molecule has 0 heterocycles. The number of nitrogens with one attached hydrogen (secondary N) is 2. The maximum atomic E-state index is 10.6. The Balaban J connectivity index is 1.04. The molecule has 0 saturated carbocycles. The van der Waals surface area contributed by atoms with Crippen molar-refractivity contribution in [3.8, 4) is 23.0 Å². The average molecular weight is 513 g/mol. The van der Waals surface area contributed by atoms with Crippen molar-refractivity contribution in [3.05, 3.63) is 132 Å². The van der Waals surface area contributed by atoms with E-state index in [1.807, 2.05) is 121 Å². The Labute approximate surface area is 226 Å². The van der Waals surface area contributed by atoms with Gasteiger partial charge in [0.15, 0.2) is 0 Å². The molecule has 4 N–H and O–H groups in total. The smallest absolute Gasteiger partial charge is 0.128 e. The van der Waals surface area contributed by atoms with Gasteiger partial charge in [0.1, 0.15) is 23.0 Å². The number of phenolic OH excluding ortho intramolecular Hbond substituents is 2. The van der Waals surface area contributed by atoms with E-state index in [0.29, 0.717) is 24.6 Å². The van der Waals surface area contributed by atoms with Crippen LogP contribution in [0.15, 0.2) is 121 Å². The van der Waals surface area contributed by atoms with Gasteiger partial charge in [-0.25, -0.2) is 0 Å². The van der Waals surface area contributed by atoms with Crippen molar-refractivity contribution in [3.63, 3.8) is 0 Å². The van der Waals surface area contributed by atoms with Crippen molar-refractivity contribution >= 4 is 32.9 Å². The Bertz CT molecular complexity index is 1620. The molecular formula is C34H28N2O3. The molecule has 0 aliphatic carbocycles. The van der Waals surface area contributed by atoms with Gasteiger partial charge in [-0.1, -0.05) is 72.8 Å². The summed E-state index contributed by atoms with van der Waals surface area (Å²) in [6.07, 6.45) is 0. The lowest BCUT2D eigenvalue weighted by Gasteiger charge is -2.12. The molecular weight excluding hydrogens is 484 g/mol. The highest BCUT2D eigenvalue weighted by Crippen LogP contribution is 2.31. The van der Waals surface area contributed by atoms with Crippen LogP contribution in [0.4, 0.5) is 11.4 Å². The van der Waals surface area contributed by atoms with Gasteiger partial charge in [-0.05, 0) is 59.3 Å². The number of hydrogen-bond donors (Lipinski definition) is 4. The van der Waals surface area contributed by atoms with Crippen LogP contribution in [0.2, 0.25) is 0 Å². The summed E-state index contributed by atoms with van der Waals surface area (Å²) in [5, 5.41) is 31.7. The molecule has 0 bridgehead atoms. The fraction of sp³-hybridized carbons (Fsp3) is 0.0588. The van der Waals surface area contributed by atoms with Crippen molar-refractivity contribution < 1.29 is 14.9 Å². The topological polar surface area (TPSA) is 73.8 Å². The van der Waals surface area contributed by atoms with E-state index in [1.165, 1.54) is 0 Å². The molecule has 6 aromatic rings. The molecule has 192 valence electrons. The van der Waals surface area contributed by atoms with Crippen molar-refractivity contribution in [2.75, 3.05) is 10.6 Å². The summed E-state index contributed by atoms with van der Waals surface area (Å²) in [4.78, 5) is 0. The van der Waals surface area contributed by atoms with E-state index in [4.69, 9.17) is 4.74 Å². The highest BCUT2D eigenvalue weighted by molar-refractivity contribution is 5.90. The molecule has 0 amide bonds. The first kappa shape index (κ1) is 24.2. The molecule has 0 saturated heterocycles. The van der Waals surface area contributed by atoms with Gasteiger partial charge in [0.05, 0.1) is 0 Å². The predicted molar refractivity (Wildman–Crippen MR) is 159 cm³/mol. The number of phenols is 2. The van der Waals surface area contributed by atoms with E-state index in [-0.39, 0.29) is 0 Å². The summed E-state index contributed by atoms with van der Waals surface area (Å²) >= 11 is 0. The van der Waals surface area contributed by atoms with E-state index in [9.17, 15) is 10.2 Å². The maximum absolute atomic E-state index is 10.6. The van der Waals surface area contributed by atoms with Crippen molar-refractivity contribution in [2.24, 2.45) is 0 Å². The summed E-state index contributed by atoms with van der Waals surface area (Å²) in [6, 6.07) is 39.1. The number of hydrogen-bond acceptors (Lipinski definition) is 5. The lowest BCUT2D eigenvalue weighted by Crippen LogP contribution is -2.00. The zero-order chi connectivity index (χ0) is 26.6. The monoisotopic (exact) mass is 512 g/mol. The molecule has 0 aromatic heterocycles. The van der Waals surface area contributed by atoms with E-state index in [1.54, 1.807) is 0 Å². The van der Waals surface area contributed by atoms with Crippen LogP contribution in [0, 0.1) is 0 Å². The van der Waals surface area contributed by atoms with Crippen LogP contribution >= 0.6 is 0 Å². The Kier molecular flexibility index (Phi) is 6.62. The lowest BCUT2D eigenvalue weighted by atomic mass is 10.1. The molecule has 0 radical (unpaired) electrons. The summed E-state index contributed by atoms with van der Waals surface area (Å²) < 4.78 is 6.01. The van der Waals surface area contributed by atoms with Gasteiger partial charge in [0, 0.05) is 46.4 Å². The zero-order valence-electron chi connectivity index (χ0n) is 21.3. The number of ether oxygens (including phenoxy) is 1. The number of anilines is 2.